The third kappa shape index (κ3) is 2.49. The fourth-order valence-corrected chi connectivity index (χ4v) is 2.20. The van der Waals surface area contributed by atoms with E-state index >= 15 is 0 Å². The van der Waals surface area contributed by atoms with E-state index in [2.05, 4.69) is 4.98 Å². The molecule has 0 fully saturated rings. The highest BCUT2D eigenvalue weighted by atomic mass is 32.1. The number of hydrogen-bond acceptors (Lipinski definition) is 4. The molecule has 0 spiro atoms. The molecule has 0 unspecified atom stereocenters. The monoisotopic (exact) mass is 237 g/mol. The van der Waals surface area contributed by atoms with E-state index in [1.165, 1.54) is 11.3 Å². The van der Waals surface area contributed by atoms with Crippen LogP contribution in [0.2, 0.25) is 0 Å². The topological polar surface area (TPSA) is 63.3 Å². The molecule has 0 aliphatic carbocycles. The van der Waals surface area contributed by atoms with E-state index in [-0.39, 0.29) is 6.42 Å². The summed E-state index contributed by atoms with van der Waals surface area (Å²) in [5.41, 5.74) is 0. The van der Waals surface area contributed by atoms with Crippen molar-refractivity contribution in [1.82, 2.24) is 4.98 Å². The first-order valence-electron chi connectivity index (χ1n) is 4.88. The Labute approximate surface area is 96.6 Å². The minimum Gasteiger partial charge on any atom is -0.481 e. The van der Waals surface area contributed by atoms with Crippen molar-refractivity contribution in [2.45, 2.75) is 19.8 Å². The van der Waals surface area contributed by atoms with Gasteiger partial charge in [-0.15, -0.1) is 11.3 Å². The Kier molecular flexibility index (Phi) is 3.05. The van der Waals surface area contributed by atoms with Crippen LogP contribution in [-0.4, -0.2) is 16.1 Å². The Bertz CT molecular complexity index is 501. The lowest BCUT2D eigenvalue weighted by Crippen LogP contribution is -1.96. The van der Waals surface area contributed by atoms with Gasteiger partial charge in [0.25, 0.3) is 0 Å². The Morgan fingerprint density at radius 2 is 2.38 bits per heavy atom. The van der Waals surface area contributed by atoms with E-state index < -0.39 is 5.97 Å². The summed E-state index contributed by atoms with van der Waals surface area (Å²) in [5, 5.41) is 9.39. The maximum atomic E-state index is 10.4. The second-order valence-electron chi connectivity index (χ2n) is 3.42. The first-order chi connectivity index (χ1) is 7.65. The highest BCUT2D eigenvalue weighted by molar-refractivity contribution is 7.15. The molecule has 0 bridgehead atoms. The molecule has 2 aromatic heterocycles. The molecule has 0 radical (unpaired) electrons. The molecule has 2 aromatic rings. The van der Waals surface area contributed by atoms with Crippen molar-refractivity contribution in [3.8, 4) is 10.6 Å². The van der Waals surface area contributed by atoms with Gasteiger partial charge in [0.15, 0.2) is 0 Å². The predicted octanol–water partition coefficient (Wildman–Crippen LogP) is 2.73. The van der Waals surface area contributed by atoms with Crippen molar-refractivity contribution >= 4 is 17.3 Å². The van der Waals surface area contributed by atoms with Crippen molar-refractivity contribution in [3.05, 3.63) is 29.1 Å². The van der Waals surface area contributed by atoms with Crippen molar-refractivity contribution in [2.75, 3.05) is 0 Å². The summed E-state index contributed by atoms with van der Waals surface area (Å²) in [7, 11) is 0. The van der Waals surface area contributed by atoms with Gasteiger partial charge >= 0.3 is 5.97 Å². The van der Waals surface area contributed by atoms with Gasteiger partial charge in [0.1, 0.15) is 11.5 Å². The number of furan rings is 1. The van der Waals surface area contributed by atoms with Gasteiger partial charge in [-0.05, 0) is 19.1 Å². The largest absolute Gasteiger partial charge is 0.481 e. The van der Waals surface area contributed by atoms with Gasteiger partial charge < -0.3 is 9.52 Å². The van der Waals surface area contributed by atoms with Crippen LogP contribution in [0.5, 0.6) is 0 Å². The van der Waals surface area contributed by atoms with Gasteiger partial charge in [0.05, 0.1) is 16.3 Å². The highest BCUT2D eigenvalue weighted by Crippen LogP contribution is 2.28. The second-order valence-corrected chi connectivity index (χ2v) is 4.54. The quantitative estimate of drug-likeness (QED) is 0.888. The predicted molar refractivity (Wildman–Crippen MR) is 60.5 cm³/mol. The third-order valence-electron chi connectivity index (χ3n) is 2.09. The first kappa shape index (κ1) is 10.9. The molecule has 0 aliphatic heterocycles. The van der Waals surface area contributed by atoms with Crippen molar-refractivity contribution in [2.24, 2.45) is 0 Å². The number of hydrogen-bond donors (Lipinski definition) is 1. The molecule has 0 saturated carbocycles. The number of aromatic nitrogens is 1. The molecule has 16 heavy (non-hydrogen) atoms. The molecule has 0 atom stereocenters. The van der Waals surface area contributed by atoms with Crippen LogP contribution < -0.4 is 0 Å². The zero-order valence-corrected chi connectivity index (χ0v) is 9.58. The number of rotatable bonds is 4. The summed E-state index contributed by atoms with van der Waals surface area (Å²) < 4.78 is 5.46. The zero-order chi connectivity index (χ0) is 11.5. The normalized spacial score (nSPS) is 10.6. The smallest absolute Gasteiger partial charge is 0.303 e. The lowest BCUT2D eigenvalue weighted by molar-refractivity contribution is -0.136. The van der Waals surface area contributed by atoms with Crippen LogP contribution in [0.15, 0.2) is 22.7 Å². The molecule has 1 N–H and O–H groups in total. The van der Waals surface area contributed by atoms with Crippen LogP contribution in [0.25, 0.3) is 10.6 Å². The Balaban J connectivity index is 2.10. The number of carbonyl (C=O) groups is 1. The highest BCUT2D eigenvalue weighted by Gasteiger charge is 2.08. The maximum Gasteiger partial charge on any atom is 0.303 e. The average molecular weight is 237 g/mol. The van der Waals surface area contributed by atoms with Gasteiger partial charge in [0, 0.05) is 12.6 Å². The zero-order valence-electron chi connectivity index (χ0n) is 8.77. The number of aliphatic carboxylic acids is 1. The Hall–Kier alpha value is -1.62. The van der Waals surface area contributed by atoms with Gasteiger partial charge in [-0.25, -0.2) is 4.98 Å². The SMILES string of the molecule is Cc1ccc(-c2cnc(CCC(=O)O)s2)o1. The van der Waals surface area contributed by atoms with Crippen molar-refractivity contribution in [1.29, 1.82) is 0 Å². The van der Waals surface area contributed by atoms with Crippen molar-refractivity contribution in [3.63, 3.8) is 0 Å². The Morgan fingerprint density at radius 1 is 1.56 bits per heavy atom. The number of aryl methyl sites for hydroxylation is 2. The van der Waals surface area contributed by atoms with Crippen LogP contribution in [0.4, 0.5) is 0 Å². The number of carboxylic acids is 1. The molecule has 0 aromatic carbocycles. The maximum absolute atomic E-state index is 10.4. The lowest BCUT2D eigenvalue weighted by Gasteiger charge is -1.90. The van der Waals surface area contributed by atoms with E-state index in [1.54, 1.807) is 6.20 Å². The molecule has 0 amide bonds. The van der Waals surface area contributed by atoms with E-state index in [9.17, 15) is 4.79 Å². The van der Waals surface area contributed by atoms with Gasteiger partial charge in [-0.2, -0.15) is 0 Å². The van der Waals surface area contributed by atoms with Crippen LogP contribution in [0.3, 0.4) is 0 Å². The van der Waals surface area contributed by atoms with E-state index in [0.717, 1.165) is 21.4 Å². The minimum atomic E-state index is -0.800. The van der Waals surface area contributed by atoms with Crippen LogP contribution >= 0.6 is 11.3 Å². The summed E-state index contributed by atoms with van der Waals surface area (Å²) in [6.07, 6.45) is 2.31. The number of thiazole rings is 1. The van der Waals surface area contributed by atoms with Gasteiger partial charge in [0.2, 0.25) is 0 Å². The molecule has 84 valence electrons. The first-order valence-corrected chi connectivity index (χ1v) is 5.70. The van der Waals surface area contributed by atoms with Gasteiger partial charge in [-0.3, -0.25) is 4.79 Å². The molecule has 0 saturated heterocycles. The molecule has 2 heterocycles. The lowest BCUT2D eigenvalue weighted by atomic mass is 10.3. The van der Waals surface area contributed by atoms with E-state index in [0.29, 0.717) is 6.42 Å². The van der Waals surface area contributed by atoms with Gasteiger partial charge in [-0.1, -0.05) is 0 Å². The van der Waals surface area contributed by atoms with Crippen LogP contribution in [0.1, 0.15) is 17.2 Å². The minimum absolute atomic E-state index is 0.115. The average Bonchev–Trinajstić information content (AvgIpc) is 2.83. The second kappa shape index (κ2) is 4.49. The summed E-state index contributed by atoms with van der Waals surface area (Å²) in [5.74, 6) is 0.845. The van der Waals surface area contributed by atoms with E-state index in [1.807, 2.05) is 19.1 Å². The molecule has 0 aliphatic rings. The third-order valence-corrected chi connectivity index (χ3v) is 3.16. The molecular weight excluding hydrogens is 226 g/mol. The van der Waals surface area contributed by atoms with Crippen LogP contribution in [0, 0.1) is 6.92 Å². The molecular formula is C11H11NO3S. The summed E-state index contributed by atoms with van der Waals surface area (Å²) in [4.78, 5) is 15.5. The standard InChI is InChI=1S/C11H11NO3S/c1-7-2-3-8(15-7)9-6-12-10(16-9)4-5-11(13)14/h2-3,6H,4-5H2,1H3,(H,13,14). The number of carboxylic acid groups (broad SMARTS) is 1. The number of nitrogens with zero attached hydrogens (tertiary/aromatic N) is 1. The van der Waals surface area contributed by atoms with E-state index in [4.69, 9.17) is 9.52 Å². The molecule has 2 rings (SSSR count). The Morgan fingerprint density at radius 3 is 3.00 bits per heavy atom. The fourth-order valence-electron chi connectivity index (χ4n) is 1.32. The summed E-state index contributed by atoms with van der Waals surface area (Å²) in [6, 6.07) is 3.79. The summed E-state index contributed by atoms with van der Waals surface area (Å²) >= 11 is 1.47. The molecule has 4 nitrogen and oxygen atoms in total. The van der Waals surface area contributed by atoms with Crippen LogP contribution in [-0.2, 0) is 11.2 Å². The summed E-state index contributed by atoms with van der Waals surface area (Å²) in [6.45, 7) is 1.88. The van der Waals surface area contributed by atoms with Crippen molar-refractivity contribution < 1.29 is 14.3 Å². The molecule has 5 heteroatoms. The fraction of sp³-hybridized carbons (Fsp3) is 0.273.